The molecule has 5 aromatic rings. The lowest BCUT2D eigenvalue weighted by Crippen LogP contribution is -2.52. The third kappa shape index (κ3) is 13.5. The average molecular weight is 1120 g/mol. The number of hydrogen-bond donors (Lipinski definition) is 7. The molecule has 81 heavy (non-hydrogen) atoms. The maximum Gasteiger partial charge on any atom is 0.343 e. The van der Waals surface area contributed by atoms with Crippen LogP contribution in [0.4, 0.5) is 4.39 Å². The van der Waals surface area contributed by atoms with Gasteiger partial charge >= 0.3 is 5.97 Å². The highest BCUT2D eigenvalue weighted by Crippen LogP contribution is 2.41. The Labute approximate surface area is 462 Å². The molecule has 25 nitrogen and oxygen atoms in total. The van der Waals surface area contributed by atoms with Crippen LogP contribution < -0.4 is 37.5 Å². The maximum absolute atomic E-state index is 15.1. The van der Waals surface area contributed by atoms with Crippen LogP contribution in [0.2, 0.25) is 0 Å². The second kappa shape index (κ2) is 25.0. The summed E-state index contributed by atoms with van der Waals surface area (Å²) < 4.78 is 28.7. The lowest BCUT2D eigenvalue weighted by Gasteiger charge is -2.31. The smallest absolute Gasteiger partial charge is 0.343 e. The molecule has 0 unspecified atom stereocenters. The van der Waals surface area contributed by atoms with E-state index in [-0.39, 0.29) is 68.4 Å². The summed E-state index contributed by atoms with van der Waals surface area (Å²) in [5.41, 5.74) is 0.429. The number of esters is 1. The molecule has 0 fully saturated rings. The van der Waals surface area contributed by atoms with Gasteiger partial charge in [0, 0.05) is 54.1 Å². The predicted octanol–water partition coefficient (Wildman–Crippen LogP) is 0.170. The third-order valence-electron chi connectivity index (χ3n) is 14.1. The van der Waals surface area contributed by atoms with Crippen molar-refractivity contribution in [3.8, 4) is 11.4 Å². The number of unbranched alkanes of at least 4 members (excludes halogenated alkanes) is 2. The number of pyridine rings is 2. The number of halogens is 1. The fraction of sp³-hybridized carbons (Fsp3) is 0.400. The van der Waals surface area contributed by atoms with E-state index in [1.165, 1.54) is 27.5 Å². The van der Waals surface area contributed by atoms with Crippen molar-refractivity contribution in [2.24, 2.45) is 0 Å². The van der Waals surface area contributed by atoms with E-state index >= 15 is 4.39 Å². The molecule has 26 heteroatoms. The third-order valence-corrected chi connectivity index (χ3v) is 14.1. The van der Waals surface area contributed by atoms with Crippen molar-refractivity contribution in [2.45, 2.75) is 103 Å². The molecule has 0 saturated carbocycles. The Balaban J connectivity index is 0.788. The van der Waals surface area contributed by atoms with Crippen LogP contribution in [0.25, 0.3) is 22.3 Å². The highest BCUT2D eigenvalue weighted by atomic mass is 19.1. The molecule has 0 spiro atoms. The lowest BCUT2D eigenvalue weighted by atomic mass is 9.86. The first-order chi connectivity index (χ1) is 38.6. The lowest BCUT2D eigenvalue weighted by molar-refractivity contribution is -0.172. The van der Waals surface area contributed by atoms with E-state index < -0.39 is 103 Å². The van der Waals surface area contributed by atoms with Gasteiger partial charge in [-0.2, -0.15) is 0 Å². The van der Waals surface area contributed by atoms with Crippen molar-refractivity contribution in [2.75, 3.05) is 39.5 Å². The monoisotopic (exact) mass is 1120 g/mol. The molecule has 0 aliphatic carbocycles. The summed E-state index contributed by atoms with van der Waals surface area (Å²) in [7, 11) is 0. The quantitative estimate of drug-likeness (QED) is 0.0174. The predicted molar refractivity (Wildman–Crippen MR) is 284 cm³/mol. The zero-order valence-electron chi connectivity index (χ0n) is 44.9. The van der Waals surface area contributed by atoms with Crippen LogP contribution in [0, 0.1) is 12.7 Å². The summed E-state index contributed by atoms with van der Waals surface area (Å²) in [5, 5.41) is 35.8. The van der Waals surface area contributed by atoms with Gasteiger partial charge in [-0.25, -0.2) is 18.9 Å². The second-order valence-electron chi connectivity index (χ2n) is 20.3. The standard InChI is InChI=1S/C55H61FN12O13/c1-5-55(79)37-20-41-50-35(26-68(41)52(77)36(37)28-81-53(55)78)34(33-18-31(2)38(56)21-39(33)62-50)25-66-27-42(64-65-66)54(3,4)63-47(73)29-80-30-60-45(71)23-59-51(76)40(19-32-12-8-6-9-13-32)61-46(72)24-58-44(70)22-57-43(69)14-10-7-11-17-67-48(74)15-16-49(67)75/h6,8-9,12-13,15-16,18,20-21,27,40,79H,5,7,10-11,14,17,19,22-26,28-30H2,1-4H3,(H,57,69)(H,58,70)(H,59,76)(H,60,71)(H,61,72)(H,63,73)/t40-,55+/m1/s1. The number of hydrogen-bond acceptors (Lipinski definition) is 16. The minimum absolute atomic E-state index is 0.0386. The molecule has 2 aromatic carbocycles. The molecular formula is C55H61FN12O13. The number of nitrogens with one attached hydrogen (secondary N) is 6. The number of aromatic nitrogens is 5. The van der Waals surface area contributed by atoms with Crippen molar-refractivity contribution < 1.29 is 62.1 Å². The number of amides is 8. The number of aryl methyl sites for hydroxylation is 1. The normalized spacial score (nSPS) is 15.6. The molecule has 0 radical (unpaired) electrons. The minimum atomic E-state index is -2.04. The van der Waals surface area contributed by atoms with Crippen molar-refractivity contribution >= 4 is 64.1 Å². The Morgan fingerprint density at radius 3 is 2.31 bits per heavy atom. The number of carbonyl (C=O) groups excluding carboxylic acids is 9. The first kappa shape index (κ1) is 58.1. The van der Waals surface area contributed by atoms with Crippen LogP contribution in [0.5, 0.6) is 0 Å². The van der Waals surface area contributed by atoms with Gasteiger partial charge in [-0.05, 0) is 68.9 Å². The van der Waals surface area contributed by atoms with Crippen molar-refractivity contribution in [3.05, 3.63) is 122 Å². The Bertz CT molecular complexity index is 3410. The van der Waals surface area contributed by atoms with Crippen molar-refractivity contribution in [3.63, 3.8) is 0 Å². The van der Waals surface area contributed by atoms with E-state index in [1.807, 2.05) is 0 Å². The van der Waals surface area contributed by atoms with Gasteiger partial charge in [-0.15, -0.1) is 5.10 Å². The van der Waals surface area contributed by atoms with Crippen LogP contribution in [0.15, 0.2) is 71.7 Å². The number of benzene rings is 2. The van der Waals surface area contributed by atoms with Crippen molar-refractivity contribution in [1.82, 2.24) is 61.3 Å². The Morgan fingerprint density at radius 1 is 0.864 bits per heavy atom. The first-order valence-electron chi connectivity index (χ1n) is 26.2. The Morgan fingerprint density at radius 2 is 1.57 bits per heavy atom. The van der Waals surface area contributed by atoms with Gasteiger partial charge in [0.05, 0.1) is 66.9 Å². The van der Waals surface area contributed by atoms with E-state index in [0.29, 0.717) is 69.5 Å². The number of fused-ring (bicyclic) bond motifs is 5. The highest BCUT2D eigenvalue weighted by molar-refractivity contribution is 6.12. The number of ether oxygens (including phenoxy) is 2. The molecule has 8 amide bonds. The fourth-order valence-electron chi connectivity index (χ4n) is 9.57. The van der Waals surface area contributed by atoms with Gasteiger partial charge in [-0.3, -0.25) is 48.1 Å². The van der Waals surface area contributed by atoms with Crippen LogP contribution >= 0.6 is 0 Å². The molecule has 3 aliphatic rings. The van der Waals surface area contributed by atoms with Gasteiger partial charge in [0.1, 0.15) is 37.5 Å². The summed E-state index contributed by atoms with van der Waals surface area (Å²) in [4.78, 5) is 133. The highest BCUT2D eigenvalue weighted by Gasteiger charge is 2.45. The Kier molecular flexibility index (Phi) is 17.9. The average Bonchev–Trinajstić information content (AvgIpc) is 4.33. The molecule has 3 aliphatic heterocycles. The number of imide groups is 1. The van der Waals surface area contributed by atoms with Crippen LogP contribution in [0.3, 0.4) is 0 Å². The van der Waals surface area contributed by atoms with E-state index in [4.69, 9.17) is 14.5 Å². The molecule has 0 saturated heterocycles. The summed E-state index contributed by atoms with van der Waals surface area (Å²) >= 11 is 0. The van der Waals surface area contributed by atoms with E-state index in [9.17, 15) is 53.1 Å². The summed E-state index contributed by atoms with van der Waals surface area (Å²) in [6, 6.07) is 12.1. The summed E-state index contributed by atoms with van der Waals surface area (Å²) in [6.07, 6.45) is 5.69. The zero-order valence-corrected chi connectivity index (χ0v) is 44.9. The summed E-state index contributed by atoms with van der Waals surface area (Å²) in [5.74, 6) is -5.83. The van der Waals surface area contributed by atoms with E-state index in [0.717, 1.165) is 4.90 Å². The van der Waals surface area contributed by atoms with E-state index in [2.05, 4.69) is 42.2 Å². The number of cyclic esters (lactones) is 1. The molecule has 426 valence electrons. The van der Waals surface area contributed by atoms with Gasteiger partial charge in [0.25, 0.3) is 17.4 Å². The van der Waals surface area contributed by atoms with E-state index in [1.54, 1.807) is 76.4 Å². The summed E-state index contributed by atoms with van der Waals surface area (Å²) in [6.45, 7) is 4.37. The molecule has 8 rings (SSSR count). The molecule has 7 N–H and O–H groups in total. The van der Waals surface area contributed by atoms with Gasteiger partial charge in [0.2, 0.25) is 35.4 Å². The van der Waals surface area contributed by atoms with Crippen molar-refractivity contribution in [1.29, 1.82) is 0 Å². The maximum atomic E-state index is 15.1. The van der Waals surface area contributed by atoms with Crippen LogP contribution in [0.1, 0.15) is 91.9 Å². The SMILES string of the molecule is CC[C@@]1(O)C(=O)OCc2c1cc1n(c2=O)Cc2c-1nc1cc(F)c(C)cc1c2Cn1cc(C(C)(C)NC(=O)COCNC(=O)CNC(=O)[C@@H](Cc2ccccc2)NC(=O)CNC(=O)CNC(=O)CCCCCN2C(=O)C=CC2=O)nn1. The molecule has 3 aromatic heterocycles. The first-order valence-corrected chi connectivity index (χ1v) is 26.2. The van der Waals surface area contributed by atoms with Crippen LogP contribution in [-0.4, -0.2) is 133 Å². The van der Waals surface area contributed by atoms with Gasteiger partial charge in [-0.1, -0.05) is 48.9 Å². The fourth-order valence-corrected chi connectivity index (χ4v) is 9.57. The molecular weight excluding hydrogens is 1060 g/mol. The van der Waals surface area contributed by atoms with Gasteiger partial charge < -0.3 is 51.0 Å². The zero-order chi connectivity index (χ0) is 58.2. The topological polar surface area (TPSA) is 333 Å². The second-order valence-corrected chi connectivity index (χ2v) is 20.3. The largest absolute Gasteiger partial charge is 0.458 e. The minimum Gasteiger partial charge on any atom is -0.458 e. The van der Waals surface area contributed by atoms with Gasteiger partial charge in [0.15, 0.2) is 5.60 Å². The molecule has 6 heterocycles. The number of rotatable bonds is 25. The number of aliphatic hydroxyl groups is 1. The Hall–Kier alpha value is -9.04. The number of nitrogens with zero attached hydrogens (tertiary/aromatic N) is 6. The molecule has 2 atom stereocenters. The molecule has 0 bridgehead atoms. The van der Waals surface area contributed by atoms with Crippen LogP contribution in [-0.2, 0) is 89.9 Å². The number of carbonyl (C=O) groups is 9.